The molecular formula is C14H27N3O. The van der Waals surface area contributed by atoms with Crippen molar-refractivity contribution in [2.75, 3.05) is 39.8 Å². The predicted octanol–water partition coefficient (Wildman–Crippen LogP) is 0.929. The van der Waals surface area contributed by atoms with E-state index in [2.05, 4.69) is 29.1 Å². The summed E-state index contributed by atoms with van der Waals surface area (Å²) in [4.78, 5) is 16.8. The first-order valence-corrected chi connectivity index (χ1v) is 7.41. The first-order valence-electron chi connectivity index (χ1n) is 7.41. The molecule has 18 heavy (non-hydrogen) atoms. The Morgan fingerprint density at radius 2 is 2.22 bits per heavy atom. The van der Waals surface area contributed by atoms with Crippen LogP contribution in [0.15, 0.2) is 0 Å². The van der Waals surface area contributed by atoms with Gasteiger partial charge in [0.1, 0.15) is 0 Å². The van der Waals surface area contributed by atoms with Crippen LogP contribution < -0.4 is 5.32 Å². The second-order valence-electron chi connectivity index (χ2n) is 5.80. The third-order valence-electron chi connectivity index (χ3n) is 4.32. The molecule has 1 amide bonds. The van der Waals surface area contributed by atoms with Crippen LogP contribution in [-0.2, 0) is 4.79 Å². The van der Waals surface area contributed by atoms with Gasteiger partial charge in [0.25, 0.3) is 0 Å². The molecule has 2 rings (SSSR count). The maximum absolute atomic E-state index is 12.4. The third kappa shape index (κ3) is 3.45. The van der Waals surface area contributed by atoms with Crippen LogP contribution in [0.4, 0.5) is 0 Å². The summed E-state index contributed by atoms with van der Waals surface area (Å²) in [6.07, 6.45) is 4.60. The summed E-state index contributed by atoms with van der Waals surface area (Å²) < 4.78 is 0. The highest BCUT2D eigenvalue weighted by Gasteiger charge is 2.31. The molecule has 2 heterocycles. The van der Waals surface area contributed by atoms with Crippen molar-refractivity contribution >= 4 is 5.91 Å². The van der Waals surface area contributed by atoms with Gasteiger partial charge in [0.2, 0.25) is 5.91 Å². The lowest BCUT2D eigenvalue weighted by molar-refractivity contribution is -0.133. The molecule has 2 aliphatic rings. The molecule has 2 fully saturated rings. The molecule has 0 aromatic rings. The van der Waals surface area contributed by atoms with Gasteiger partial charge in [-0.2, -0.15) is 0 Å². The van der Waals surface area contributed by atoms with Crippen LogP contribution in [0, 0.1) is 5.92 Å². The van der Waals surface area contributed by atoms with E-state index in [9.17, 15) is 4.79 Å². The lowest BCUT2D eigenvalue weighted by Crippen LogP contribution is -2.48. The Kier molecular flexibility index (Phi) is 5.01. The summed E-state index contributed by atoms with van der Waals surface area (Å²) in [5.41, 5.74) is 0. The zero-order valence-electron chi connectivity index (χ0n) is 11.8. The van der Waals surface area contributed by atoms with E-state index in [0.717, 1.165) is 39.1 Å². The van der Waals surface area contributed by atoms with E-state index < -0.39 is 0 Å². The molecule has 4 heteroatoms. The molecule has 1 N–H and O–H groups in total. The van der Waals surface area contributed by atoms with Gasteiger partial charge in [0.05, 0.1) is 6.04 Å². The van der Waals surface area contributed by atoms with E-state index in [4.69, 9.17) is 0 Å². The molecule has 4 nitrogen and oxygen atoms in total. The van der Waals surface area contributed by atoms with Crippen molar-refractivity contribution in [1.29, 1.82) is 0 Å². The van der Waals surface area contributed by atoms with Gasteiger partial charge in [0, 0.05) is 19.6 Å². The number of nitrogens with one attached hydrogen (secondary N) is 1. The van der Waals surface area contributed by atoms with Crippen molar-refractivity contribution in [3.05, 3.63) is 0 Å². The molecule has 0 saturated carbocycles. The Hall–Kier alpha value is -0.610. The van der Waals surface area contributed by atoms with Gasteiger partial charge in [-0.1, -0.05) is 13.3 Å². The van der Waals surface area contributed by atoms with Crippen LogP contribution in [0.2, 0.25) is 0 Å². The van der Waals surface area contributed by atoms with Crippen LogP contribution in [0.5, 0.6) is 0 Å². The highest BCUT2D eigenvalue weighted by Crippen LogP contribution is 2.19. The number of hydrogen-bond donors (Lipinski definition) is 1. The molecule has 0 spiro atoms. The fourth-order valence-corrected chi connectivity index (χ4v) is 3.03. The van der Waals surface area contributed by atoms with Crippen molar-refractivity contribution in [3.8, 4) is 0 Å². The molecule has 104 valence electrons. The minimum absolute atomic E-state index is 0.0985. The Morgan fingerprint density at radius 1 is 1.39 bits per heavy atom. The minimum Gasteiger partial charge on any atom is -0.341 e. The lowest BCUT2D eigenvalue weighted by atomic mass is 10.0. The van der Waals surface area contributed by atoms with Gasteiger partial charge < -0.3 is 15.1 Å². The molecular weight excluding hydrogens is 226 g/mol. The van der Waals surface area contributed by atoms with Crippen molar-refractivity contribution in [3.63, 3.8) is 0 Å². The maximum Gasteiger partial charge on any atom is 0.239 e. The summed E-state index contributed by atoms with van der Waals surface area (Å²) in [7, 11) is 2.16. The van der Waals surface area contributed by atoms with Crippen LogP contribution in [0.3, 0.4) is 0 Å². The number of rotatable bonds is 4. The van der Waals surface area contributed by atoms with Gasteiger partial charge in [-0.25, -0.2) is 0 Å². The van der Waals surface area contributed by atoms with Crippen LogP contribution in [0.25, 0.3) is 0 Å². The van der Waals surface area contributed by atoms with Gasteiger partial charge in [0.15, 0.2) is 0 Å². The van der Waals surface area contributed by atoms with Crippen LogP contribution in [-0.4, -0.2) is 61.5 Å². The quantitative estimate of drug-likeness (QED) is 0.809. The number of piperidine rings is 1. The maximum atomic E-state index is 12.4. The average molecular weight is 253 g/mol. The summed E-state index contributed by atoms with van der Waals surface area (Å²) >= 11 is 0. The SMILES string of the molecule is CCN(C)CC1CCN(C(=O)[C@H]2CCCCN2)C1. The van der Waals surface area contributed by atoms with Gasteiger partial charge in [-0.15, -0.1) is 0 Å². The van der Waals surface area contributed by atoms with E-state index in [-0.39, 0.29) is 6.04 Å². The van der Waals surface area contributed by atoms with Crippen molar-refractivity contribution in [2.24, 2.45) is 5.92 Å². The van der Waals surface area contributed by atoms with E-state index >= 15 is 0 Å². The topological polar surface area (TPSA) is 35.6 Å². The fourth-order valence-electron chi connectivity index (χ4n) is 3.03. The molecule has 0 aromatic carbocycles. The number of carbonyl (C=O) groups is 1. The predicted molar refractivity (Wildman–Crippen MR) is 73.5 cm³/mol. The Labute approximate surface area is 111 Å². The summed E-state index contributed by atoms with van der Waals surface area (Å²) in [5.74, 6) is 1.01. The standard InChI is InChI=1S/C14H27N3O/c1-3-16(2)10-12-7-9-17(11-12)14(18)13-6-4-5-8-15-13/h12-13,15H,3-11H2,1-2H3/t12?,13-/m1/s1. The zero-order valence-corrected chi connectivity index (χ0v) is 11.8. The van der Waals surface area contributed by atoms with Crippen LogP contribution >= 0.6 is 0 Å². The summed E-state index contributed by atoms with van der Waals surface area (Å²) in [6, 6.07) is 0.0985. The monoisotopic (exact) mass is 253 g/mol. The second kappa shape index (κ2) is 6.53. The smallest absolute Gasteiger partial charge is 0.239 e. The largest absolute Gasteiger partial charge is 0.341 e. The molecule has 1 unspecified atom stereocenters. The molecule has 0 bridgehead atoms. The van der Waals surface area contributed by atoms with Gasteiger partial charge in [-0.05, 0) is 45.3 Å². The molecule has 2 atom stereocenters. The summed E-state index contributed by atoms with van der Waals surface area (Å²) in [6.45, 7) is 7.32. The number of amides is 1. The van der Waals surface area contributed by atoms with Crippen LogP contribution in [0.1, 0.15) is 32.6 Å². The third-order valence-corrected chi connectivity index (χ3v) is 4.32. The average Bonchev–Trinajstić information content (AvgIpc) is 2.87. The molecule has 0 radical (unpaired) electrons. The number of carbonyl (C=O) groups excluding carboxylic acids is 1. The van der Waals surface area contributed by atoms with E-state index in [1.807, 2.05) is 0 Å². The molecule has 0 aliphatic carbocycles. The lowest BCUT2D eigenvalue weighted by Gasteiger charge is -2.27. The van der Waals surface area contributed by atoms with E-state index in [1.54, 1.807) is 0 Å². The number of likely N-dealkylation sites (tertiary alicyclic amines) is 1. The first-order chi connectivity index (χ1) is 8.70. The minimum atomic E-state index is 0.0985. The number of hydrogen-bond acceptors (Lipinski definition) is 3. The Balaban J connectivity index is 1.78. The van der Waals surface area contributed by atoms with Gasteiger partial charge >= 0.3 is 0 Å². The molecule has 2 saturated heterocycles. The van der Waals surface area contributed by atoms with Gasteiger partial charge in [-0.3, -0.25) is 4.79 Å². The molecule has 2 aliphatic heterocycles. The summed E-state index contributed by atoms with van der Waals surface area (Å²) in [5, 5.41) is 3.36. The highest BCUT2D eigenvalue weighted by atomic mass is 16.2. The molecule has 0 aromatic heterocycles. The van der Waals surface area contributed by atoms with Crippen molar-refractivity contribution in [2.45, 2.75) is 38.6 Å². The first kappa shape index (κ1) is 13.8. The van der Waals surface area contributed by atoms with E-state index in [1.165, 1.54) is 19.3 Å². The normalized spacial score (nSPS) is 28.9. The fraction of sp³-hybridized carbons (Fsp3) is 0.929. The Bertz CT molecular complexity index is 276. The van der Waals surface area contributed by atoms with Crippen molar-refractivity contribution < 1.29 is 4.79 Å². The van der Waals surface area contributed by atoms with Crippen molar-refractivity contribution in [1.82, 2.24) is 15.1 Å². The van der Waals surface area contributed by atoms with E-state index in [0.29, 0.717) is 11.8 Å². The number of nitrogens with zero attached hydrogens (tertiary/aromatic N) is 2. The zero-order chi connectivity index (χ0) is 13.0. The Morgan fingerprint density at radius 3 is 2.89 bits per heavy atom. The highest BCUT2D eigenvalue weighted by molar-refractivity contribution is 5.82. The second-order valence-corrected chi connectivity index (χ2v) is 5.80.